The Labute approximate surface area is 118 Å². The highest BCUT2D eigenvalue weighted by molar-refractivity contribution is 7.90. The van der Waals surface area contributed by atoms with E-state index in [2.05, 4.69) is 5.32 Å². The Balaban J connectivity index is 1.99. The van der Waals surface area contributed by atoms with Gasteiger partial charge in [-0.1, -0.05) is 0 Å². The van der Waals surface area contributed by atoms with E-state index in [1.165, 1.54) is 24.3 Å². The first-order chi connectivity index (χ1) is 9.36. The van der Waals surface area contributed by atoms with E-state index in [1.807, 2.05) is 0 Å². The van der Waals surface area contributed by atoms with Crippen LogP contribution in [0.1, 0.15) is 36.0 Å². The van der Waals surface area contributed by atoms with Crippen molar-refractivity contribution < 1.29 is 18.3 Å². The molecule has 2 rings (SSSR count). The maximum absolute atomic E-state index is 12.0. The van der Waals surface area contributed by atoms with Crippen molar-refractivity contribution in [3.05, 3.63) is 29.8 Å². The SMILES string of the molecule is CS(=O)(=O)c1ccc(C(=O)NC2CCC(O)CC2)cc1. The fourth-order valence-corrected chi connectivity index (χ4v) is 2.97. The molecule has 0 aliphatic heterocycles. The van der Waals surface area contributed by atoms with Gasteiger partial charge in [0.25, 0.3) is 5.91 Å². The van der Waals surface area contributed by atoms with Crippen LogP contribution in [0.2, 0.25) is 0 Å². The van der Waals surface area contributed by atoms with Crippen molar-refractivity contribution in [2.24, 2.45) is 0 Å². The van der Waals surface area contributed by atoms with Crippen molar-refractivity contribution in [1.29, 1.82) is 0 Å². The summed E-state index contributed by atoms with van der Waals surface area (Å²) in [6.07, 6.45) is 3.84. The van der Waals surface area contributed by atoms with Crippen LogP contribution < -0.4 is 5.32 Å². The maximum Gasteiger partial charge on any atom is 0.251 e. The zero-order valence-corrected chi connectivity index (χ0v) is 12.2. The first kappa shape index (κ1) is 15.0. The fraction of sp³-hybridized carbons (Fsp3) is 0.500. The van der Waals surface area contributed by atoms with Crippen molar-refractivity contribution in [3.8, 4) is 0 Å². The molecule has 1 aliphatic rings. The minimum Gasteiger partial charge on any atom is -0.393 e. The Bertz CT molecular complexity index is 572. The van der Waals surface area contributed by atoms with Gasteiger partial charge in [-0.15, -0.1) is 0 Å². The number of amides is 1. The van der Waals surface area contributed by atoms with Crippen LogP contribution in [-0.4, -0.2) is 37.8 Å². The third-order valence-electron chi connectivity index (χ3n) is 3.58. The highest BCUT2D eigenvalue weighted by Crippen LogP contribution is 2.19. The smallest absolute Gasteiger partial charge is 0.251 e. The van der Waals surface area contributed by atoms with Crippen LogP contribution in [0.25, 0.3) is 0 Å². The molecule has 0 unspecified atom stereocenters. The first-order valence-electron chi connectivity index (χ1n) is 6.65. The van der Waals surface area contributed by atoms with E-state index in [0.717, 1.165) is 19.1 Å². The highest BCUT2D eigenvalue weighted by atomic mass is 32.2. The van der Waals surface area contributed by atoms with Crippen LogP contribution in [0.5, 0.6) is 0 Å². The Morgan fingerprint density at radius 2 is 1.70 bits per heavy atom. The molecule has 1 aromatic rings. The summed E-state index contributed by atoms with van der Waals surface area (Å²) >= 11 is 0. The molecule has 1 aliphatic carbocycles. The predicted molar refractivity (Wildman–Crippen MR) is 75.3 cm³/mol. The maximum atomic E-state index is 12.0. The van der Waals surface area contributed by atoms with Gasteiger partial charge in [0.05, 0.1) is 11.0 Å². The lowest BCUT2D eigenvalue weighted by Crippen LogP contribution is -2.38. The van der Waals surface area contributed by atoms with Gasteiger partial charge in [-0.25, -0.2) is 8.42 Å². The molecule has 0 heterocycles. The van der Waals surface area contributed by atoms with Crippen LogP contribution in [0.4, 0.5) is 0 Å². The average Bonchev–Trinajstić information content (AvgIpc) is 2.40. The summed E-state index contributed by atoms with van der Waals surface area (Å²) in [6, 6.07) is 6.00. The minimum absolute atomic E-state index is 0.0838. The summed E-state index contributed by atoms with van der Waals surface area (Å²) in [7, 11) is -3.24. The molecule has 0 bridgehead atoms. The zero-order chi connectivity index (χ0) is 14.8. The molecule has 1 fully saturated rings. The van der Waals surface area contributed by atoms with Gasteiger partial charge >= 0.3 is 0 Å². The molecule has 2 N–H and O–H groups in total. The van der Waals surface area contributed by atoms with E-state index in [-0.39, 0.29) is 22.9 Å². The molecule has 0 atom stereocenters. The number of hydrogen-bond donors (Lipinski definition) is 2. The number of carbonyl (C=O) groups is 1. The average molecular weight is 297 g/mol. The number of rotatable bonds is 3. The van der Waals surface area contributed by atoms with Gasteiger partial charge in [-0.3, -0.25) is 4.79 Å². The molecule has 6 heteroatoms. The number of aliphatic hydroxyl groups is 1. The second kappa shape index (κ2) is 5.93. The van der Waals surface area contributed by atoms with Gasteiger partial charge in [0, 0.05) is 17.9 Å². The number of benzene rings is 1. The molecule has 110 valence electrons. The number of hydrogen-bond acceptors (Lipinski definition) is 4. The molecular formula is C14H19NO4S. The molecule has 1 saturated carbocycles. The molecule has 0 saturated heterocycles. The summed E-state index contributed by atoms with van der Waals surface area (Å²) in [5.74, 6) is -0.202. The second-order valence-corrected chi connectivity index (χ2v) is 7.29. The number of carbonyl (C=O) groups excluding carboxylic acids is 1. The monoisotopic (exact) mass is 297 g/mol. The van der Waals surface area contributed by atoms with Gasteiger partial charge in [0.2, 0.25) is 0 Å². The largest absolute Gasteiger partial charge is 0.393 e. The molecule has 5 nitrogen and oxygen atoms in total. The van der Waals surface area contributed by atoms with Crippen molar-refractivity contribution in [3.63, 3.8) is 0 Å². The summed E-state index contributed by atoms with van der Waals surface area (Å²) in [6.45, 7) is 0. The standard InChI is InChI=1S/C14H19NO4S/c1-20(18,19)13-8-2-10(3-9-13)14(17)15-11-4-6-12(16)7-5-11/h2-3,8-9,11-12,16H,4-7H2,1H3,(H,15,17). The van der Waals surface area contributed by atoms with Crippen molar-refractivity contribution in [1.82, 2.24) is 5.32 Å². The van der Waals surface area contributed by atoms with E-state index in [0.29, 0.717) is 18.4 Å². The van der Waals surface area contributed by atoms with E-state index in [4.69, 9.17) is 0 Å². The Morgan fingerprint density at radius 3 is 2.20 bits per heavy atom. The van der Waals surface area contributed by atoms with Crippen LogP contribution in [0.3, 0.4) is 0 Å². The van der Waals surface area contributed by atoms with E-state index >= 15 is 0 Å². The fourth-order valence-electron chi connectivity index (χ4n) is 2.34. The lowest BCUT2D eigenvalue weighted by molar-refractivity contribution is 0.0867. The Morgan fingerprint density at radius 1 is 1.15 bits per heavy atom. The van der Waals surface area contributed by atoms with Crippen molar-refractivity contribution in [2.45, 2.75) is 42.7 Å². The Hall–Kier alpha value is -1.40. The molecule has 0 radical (unpaired) electrons. The lowest BCUT2D eigenvalue weighted by atomic mass is 9.93. The molecule has 1 amide bonds. The van der Waals surface area contributed by atoms with Gasteiger partial charge < -0.3 is 10.4 Å². The van der Waals surface area contributed by atoms with E-state index in [1.54, 1.807) is 0 Å². The number of sulfone groups is 1. The third-order valence-corrected chi connectivity index (χ3v) is 4.71. The zero-order valence-electron chi connectivity index (χ0n) is 11.4. The normalized spacial score (nSPS) is 23.3. The predicted octanol–water partition coefficient (Wildman–Crippen LogP) is 1.12. The number of nitrogens with one attached hydrogen (secondary N) is 1. The number of aliphatic hydroxyl groups excluding tert-OH is 1. The van der Waals surface area contributed by atoms with Crippen LogP contribution in [0, 0.1) is 0 Å². The van der Waals surface area contributed by atoms with E-state index < -0.39 is 9.84 Å². The van der Waals surface area contributed by atoms with Crippen molar-refractivity contribution >= 4 is 15.7 Å². The van der Waals surface area contributed by atoms with Crippen LogP contribution in [0.15, 0.2) is 29.2 Å². The molecule has 0 spiro atoms. The quantitative estimate of drug-likeness (QED) is 0.876. The first-order valence-corrected chi connectivity index (χ1v) is 8.54. The summed E-state index contributed by atoms with van der Waals surface area (Å²) in [4.78, 5) is 12.2. The van der Waals surface area contributed by atoms with Gasteiger partial charge in [-0.05, 0) is 49.9 Å². The van der Waals surface area contributed by atoms with Crippen LogP contribution in [-0.2, 0) is 9.84 Å². The third kappa shape index (κ3) is 3.80. The summed E-state index contributed by atoms with van der Waals surface area (Å²) < 4.78 is 22.7. The second-order valence-electron chi connectivity index (χ2n) is 5.28. The van der Waals surface area contributed by atoms with Gasteiger partial charge in [0.15, 0.2) is 9.84 Å². The van der Waals surface area contributed by atoms with Crippen molar-refractivity contribution in [2.75, 3.05) is 6.26 Å². The summed E-state index contributed by atoms with van der Waals surface area (Å²) in [5, 5.41) is 12.3. The van der Waals surface area contributed by atoms with Gasteiger partial charge in [-0.2, -0.15) is 0 Å². The molecular weight excluding hydrogens is 278 g/mol. The lowest BCUT2D eigenvalue weighted by Gasteiger charge is -2.26. The van der Waals surface area contributed by atoms with Gasteiger partial charge in [0.1, 0.15) is 0 Å². The topological polar surface area (TPSA) is 83.5 Å². The minimum atomic E-state index is -3.24. The molecule has 0 aromatic heterocycles. The summed E-state index contributed by atoms with van der Waals surface area (Å²) in [5.41, 5.74) is 0.448. The Kier molecular flexibility index (Phi) is 4.45. The van der Waals surface area contributed by atoms with E-state index in [9.17, 15) is 18.3 Å². The molecule has 20 heavy (non-hydrogen) atoms. The highest BCUT2D eigenvalue weighted by Gasteiger charge is 2.21. The van der Waals surface area contributed by atoms with Crippen LogP contribution >= 0.6 is 0 Å². The molecule has 1 aromatic carbocycles.